The van der Waals surface area contributed by atoms with Gasteiger partial charge >= 0.3 is 0 Å². The van der Waals surface area contributed by atoms with Crippen molar-refractivity contribution in [2.45, 2.75) is 77.8 Å². The quantitative estimate of drug-likeness (QED) is 0.556. The molecule has 2 heteroatoms. The molecule has 0 N–H and O–H groups in total. The summed E-state index contributed by atoms with van der Waals surface area (Å²) in [6, 6.07) is 0. The summed E-state index contributed by atoms with van der Waals surface area (Å²) in [5.74, 6) is 0. The van der Waals surface area contributed by atoms with Crippen molar-refractivity contribution in [1.82, 2.24) is 0 Å². The second kappa shape index (κ2) is 5.88. The van der Waals surface area contributed by atoms with Crippen LogP contribution in [-0.2, 0) is 0 Å². The highest BCUT2D eigenvalue weighted by atomic mass is 31.1. The molecule has 0 aromatic rings. The average molecular weight is 276 g/mol. The van der Waals surface area contributed by atoms with Crippen LogP contribution in [0.2, 0.25) is 0 Å². The van der Waals surface area contributed by atoms with E-state index in [2.05, 4.69) is 69.0 Å². The van der Waals surface area contributed by atoms with Crippen LogP contribution in [0.15, 0.2) is 0 Å². The topological polar surface area (TPSA) is 0 Å². The Morgan fingerprint density at radius 2 is 0.941 bits per heavy atom. The third kappa shape index (κ3) is 6.54. The summed E-state index contributed by atoms with van der Waals surface area (Å²) in [5.41, 5.74) is 0. The molecule has 0 heterocycles. The normalized spacial score (nSPS) is 16.4. The highest BCUT2D eigenvalue weighted by Gasteiger charge is 2.34. The highest BCUT2D eigenvalue weighted by Crippen LogP contribution is 2.61. The van der Waals surface area contributed by atoms with Crippen LogP contribution in [0.25, 0.3) is 0 Å². The molecule has 0 rings (SSSR count). The molecule has 0 aromatic carbocycles. The Hall–Kier alpha value is 0.860. The van der Waals surface area contributed by atoms with E-state index in [9.17, 15) is 0 Å². The van der Waals surface area contributed by atoms with Gasteiger partial charge in [0.05, 0.1) is 0 Å². The molecule has 1 atom stereocenters. The minimum absolute atomic E-state index is 0.0938. The van der Waals surface area contributed by atoms with E-state index in [0.717, 1.165) is 0 Å². The maximum atomic E-state index is 2.48. The van der Waals surface area contributed by atoms with Crippen LogP contribution in [0, 0.1) is 0 Å². The molecule has 0 unspecified atom stereocenters. The smallest absolute Gasteiger partial charge is 0.0174 e. The third-order valence-electron chi connectivity index (χ3n) is 3.42. The number of hydrogen-bond donors (Lipinski definition) is 0. The third-order valence-corrected chi connectivity index (χ3v) is 10.9. The minimum Gasteiger partial charge on any atom is -0.104 e. The summed E-state index contributed by atoms with van der Waals surface area (Å²) in [4.78, 5) is 0. The molecular weight excluding hydrogens is 242 g/mol. The van der Waals surface area contributed by atoms with Gasteiger partial charge in [0, 0.05) is 0 Å². The van der Waals surface area contributed by atoms with Crippen molar-refractivity contribution in [1.29, 1.82) is 0 Å². The van der Waals surface area contributed by atoms with Gasteiger partial charge in [-0.1, -0.05) is 70.2 Å². The van der Waals surface area contributed by atoms with Gasteiger partial charge in [0.25, 0.3) is 0 Å². The van der Waals surface area contributed by atoms with Crippen LogP contribution >= 0.6 is 15.8 Å². The molecule has 0 fully saturated rings. The highest BCUT2D eigenvalue weighted by molar-refractivity contribution is 7.63. The fourth-order valence-corrected chi connectivity index (χ4v) is 8.29. The molecule has 0 aliphatic rings. The van der Waals surface area contributed by atoms with Crippen molar-refractivity contribution in [3.05, 3.63) is 0 Å². The van der Waals surface area contributed by atoms with E-state index in [4.69, 9.17) is 0 Å². The van der Waals surface area contributed by atoms with Gasteiger partial charge in [-0.3, -0.25) is 0 Å². The molecule has 0 spiro atoms. The maximum absolute atomic E-state index is 2.48. The van der Waals surface area contributed by atoms with Crippen LogP contribution in [0.3, 0.4) is 0 Å². The molecule has 0 saturated carbocycles. The van der Waals surface area contributed by atoms with Crippen molar-refractivity contribution >= 4 is 15.8 Å². The Labute approximate surface area is 113 Å². The van der Waals surface area contributed by atoms with Crippen molar-refractivity contribution in [3.8, 4) is 0 Å². The van der Waals surface area contributed by atoms with E-state index in [1.807, 2.05) is 0 Å². The first kappa shape index (κ1) is 17.9. The molecular formula is C15H34P2. The van der Waals surface area contributed by atoms with Crippen molar-refractivity contribution < 1.29 is 0 Å². The Morgan fingerprint density at radius 3 is 1.18 bits per heavy atom. The Bertz CT molecular complexity index is 211. The largest absolute Gasteiger partial charge is 0.104 e. The van der Waals surface area contributed by atoms with Crippen molar-refractivity contribution in [2.24, 2.45) is 0 Å². The molecule has 0 bridgehead atoms. The predicted molar refractivity (Wildman–Crippen MR) is 88.8 cm³/mol. The molecule has 0 radical (unpaired) electrons. The first-order chi connectivity index (χ1) is 7.26. The molecule has 104 valence electrons. The van der Waals surface area contributed by atoms with Gasteiger partial charge in [0.15, 0.2) is 0 Å². The van der Waals surface area contributed by atoms with Gasteiger partial charge in [-0.25, -0.2) is 0 Å². The van der Waals surface area contributed by atoms with Crippen molar-refractivity contribution in [3.63, 3.8) is 0 Å². The maximum Gasteiger partial charge on any atom is -0.0174 e. The van der Waals surface area contributed by atoms with E-state index in [1.54, 1.807) is 0 Å². The summed E-state index contributed by atoms with van der Waals surface area (Å²) in [5, 5.41) is 1.50. The summed E-state index contributed by atoms with van der Waals surface area (Å²) in [7, 11) is 0.262. The van der Waals surface area contributed by atoms with Crippen LogP contribution < -0.4 is 0 Å². The summed E-state index contributed by atoms with van der Waals surface area (Å²) >= 11 is 0. The van der Waals surface area contributed by atoms with E-state index in [0.29, 0.717) is 15.5 Å². The molecule has 17 heavy (non-hydrogen) atoms. The van der Waals surface area contributed by atoms with Gasteiger partial charge in [0.1, 0.15) is 0 Å². The second-order valence-corrected chi connectivity index (χ2v) is 15.3. The van der Waals surface area contributed by atoms with Gasteiger partial charge in [-0.15, -0.1) is 7.92 Å². The Morgan fingerprint density at radius 1 is 0.588 bits per heavy atom. The standard InChI is InChI=1S/C15H34P2/c1-13(2,3)16(10)11-12-17(14(4,5)6)15(7,8)9/h11-12H2,1-10H3/t16-/m0/s1. The van der Waals surface area contributed by atoms with E-state index in [1.165, 1.54) is 12.3 Å². The SMILES string of the molecule is C[P@@](CCP(C(C)(C)C)C(C)(C)C)C(C)(C)C. The lowest BCUT2D eigenvalue weighted by Gasteiger charge is -2.43. The minimum atomic E-state index is 0.0938. The first-order valence-corrected chi connectivity index (χ1v) is 10.3. The zero-order chi connectivity index (χ0) is 14.1. The zero-order valence-electron chi connectivity index (χ0n) is 13.8. The van der Waals surface area contributed by atoms with Crippen molar-refractivity contribution in [2.75, 3.05) is 19.0 Å². The van der Waals surface area contributed by atoms with Gasteiger partial charge in [-0.05, 0) is 34.5 Å². The zero-order valence-corrected chi connectivity index (χ0v) is 15.6. The van der Waals surface area contributed by atoms with Crippen LogP contribution in [0.4, 0.5) is 0 Å². The second-order valence-electron chi connectivity index (χ2n) is 8.09. The monoisotopic (exact) mass is 276 g/mol. The van der Waals surface area contributed by atoms with Crippen LogP contribution in [0.1, 0.15) is 62.3 Å². The van der Waals surface area contributed by atoms with E-state index in [-0.39, 0.29) is 15.8 Å². The molecule has 0 aliphatic carbocycles. The molecule has 0 nitrogen and oxygen atoms in total. The van der Waals surface area contributed by atoms with Gasteiger partial charge in [0.2, 0.25) is 0 Å². The summed E-state index contributed by atoms with van der Waals surface area (Å²) in [6.45, 7) is 24.3. The fourth-order valence-electron chi connectivity index (χ4n) is 2.26. The van der Waals surface area contributed by atoms with E-state index < -0.39 is 0 Å². The van der Waals surface area contributed by atoms with Crippen LogP contribution in [-0.4, -0.2) is 34.5 Å². The molecule has 0 amide bonds. The lowest BCUT2D eigenvalue weighted by molar-refractivity contribution is 0.705. The van der Waals surface area contributed by atoms with Crippen LogP contribution in [0.5, 0.6) is 0 Å². The average Bonchev–Trinajstić information content (AvgIpc) is 1.96. The molecule has 0 saturated heterocycles. The number of rotatable bonds is 3. The lowest BCUT2D eigenvalue weighted by atomic mass is 10.2. The summed E-state index contributed by atoms with van der Waals surface area (Å²) in [6.07, 6.45) is 2.89. The Kier molecular flexibility index (Phi) is 6.18. The van der Waals surface area contributed by atoms with Gasteiger partial charge in [-0.2, -0.15) is 0 Å². The summed E-state index contributed by atoms with van der Waals surface area (Å²) < 4.78 is 0. The molecule has 0 aliphatic heterocycles. The Balaban J connectivity index is 4.61. The first-order valence-electron chi connectivity index (χ1n) is 6.75. The fraction of sp³-hybridized carbons (Fsp3) is 1.00. The number of hydrogen-bond acceptors (Lipinski definition) is 0. The molecule has 0 aromatic heterocycles. The van der Waals surface area contributed by atoms with E-state index >= 15 is 0 Å². The lowest BCUT2D eigenvalue weighted by Crippen LogP contribution is -2.28. The predicted octanol–water partition coefficient (Wildman–Crippen LogP) is 5.98. The van der Waals surface area contributed by atoms with Gasteiger partial charge < -0.3 is 0 Å².